The van der Waals surface area contributed by atoms with Crippen LogP contribution in [-0.2, 0) is 4.74 Å². The molecule has 0 aromatic rings. The van der Waals surface area contributed by atoms with Crippen molar-refractivity contribution in [3.8, 4) is 0 Å². The average Bonchev–Trinajstić information content (AvgIpc) is 2.66. The van der Waals surface area contributed by atoms with Crippen molar-refractivity contribution in [2.24, 2.45) is 0 Å². The quantitative estimate of drug-likeness (QED) is 0.722. The number of hydrogen-bond acceptors (Lipinski definition) is 4. The monoisotopic (exact) mass is 228 g/mol. The Bertz CT molecular complexity index is 217. The summed E-state index contributed by atoms with van der Waals surface area (Å²) in [6, 6.07) is 0. The second-order valence-corrected chi connectivity index (χ2v) is 5.08. The van der Waals surface area contributed by atoms with Gasteiger partial charge in [0.25, 0.3) is 0 Å². The first-order valence-corrected chi connectivity index (χ1v) is 6.49. The Kier molecular flexibility index (Phi) is 4.19. The van der Waals surface area contributed by atoms with Gasteiger partial charge in [0, 0.05) is 26.2 Å². The number of nitrogens with one attached hydrogen (secondary N) is 1. The van der Waals surface area contributed by atoms with Crippen molar-refractivity contribution >= 4 is 0 Å². The van der Waals surface area contributed by atoms with E-state index in [0.717, 1.165) is 58.6 Å². The zero-order valence-electron chi connectivity index (χ0n) is 10.2. The van der Waals surface area contributed by atoms with Crippen LogP contribution in [0.4, 0.5) is 0 Å². The fraction of sp³-hybridized carbons (Fsp3) is 1.00. The fourth-order valence-electron chi connectivity index (χ4n) is 2.78. The molecular formula is C12H24N2O2. The van der Waals surface area contributed by atoms with Gasteiger partial charge in [0.2, 0.25) is 0 Å². The highest BCUT2D eigenvalue weighted by Crippen LogP contribution is 2.22. The lowest BCUT2D eigenvalue weighted by molar-refractivity contribution is -0.0201. The van der Waals surface area contributed by atoms with E-state index < -0.39 is 5.60 Å². The molecule has 2 saturated heterocycles. The summed E-state index contributed by atoms with van der Waals surface area (Å²) in [6.45, 7) is 7.61. The number of hydrogen-bond donors (Lipinski definition) is 2. The normalized spacial score (nSPS) is 30.8. The number of β-amino-alcohol motifs (C(OH)–C–C–N with tert-alkyl or cyclic N) is 1. The van der Waals surface area contributed by atoms with Gasteiger partial charge in [-0.15, -0.1) is 0 Å². The molecule has 2 aliphatic rings. The summed E-state index contributed by atoms with van der Waals surface area (Å²) in [6.07, 6.45) is 3.25. The summed E-state index contributed by atoms with van der Waals surface area (Å²) >= 11 is 0. The average molecular weight is 228 g/mol. The molecular weight excluding hydrogens is 204 g/mol. The van der Waals surface area contributed by atoms with Gasteiger partial charge in [0.05, 0.1) is 11.7 Å². The Hall–Kier alpha value is -0.160. The predicted molar refractivity (Wildman–Crippen MR) is 63.5 cm³/mol. The molecule has 2 fully saturated rings. The molecule has 0 amide bonds. The number of aliphatic hydroxyl groups is 1. The SMILES string of the molecule is CCOC1CCN(CC2(O)CCNCC2)C1. The molecule has 0 bridgehead atoms. The van der Waals surface area contributed by atoms with Crippen LogP contribution in [-0.4, -0.2) is 61.0 Å². The summed E-state index contributed by atoms with van der Waals surface area (Å²) < 4.78 is 5.62. The highest BCUT2D eigenvalue weighted by Gasteiger charge is 2.34. The molecule has 1 atom stereocenters. The third-order valence-electron chi connectivity index (χ3n) is 3.68. The van der Waals surface area contributed by atoms with E-state index in [2.05, 4.69) is 10.2 Å². The van der Waals surface area contributed by atoms with E-state index in [1.165, 1.54) is 0 Å². The van der Waals surface area contributed by atoms with E-state index in [0.29, 0.717) is 6.10 Å². The molecule has 94 valence electrons. The highest BCUT2D eigenvalue weighted by molar-refractivity contribution is 4.89. The minimum atomic E-state index is -0.466. The third-order valence-corrected chi connectivity index (χ3v) is 3.68. The number of piperidine rings is 1. The lowest BCUT2D eigenvalue weighted by atomic mass is 9.92. The van der Waals surface area contributed by atoms with Crippen LogP contribution < -0.4 is 5.32 Å². The molecule has 2 N–H and O–H groups in total. The van der Waals surface area contributed by atoms with Crippen LogP contribution in [0.1, 0.15) is 26.2 Å². The smallest absolute Gasteiger partial charge is 0.0798 e. The Morgan fingerprint density at radius 1 is 1.44 bits per heavy atom. The standard InChI is InChI=1S/C12H24N2O2/c1-2-16-11-3-8-14(9-11)10-12(15)4-6-13-7-5-12/h11,13,15H,2-10H2,1H3. The van der Waals surface area contributed by atoms with Crippen molar-refractivity contribution in [1.29, 1.82) is 0 Å². The van der Waals surface area contributed by atoms with Crippen molar-refractivity contribution in [2.45, 2.75) is 37.9 Å². The summed E-state index contributed by atoms with van der Waals surface area (Å²) in [4.78, 5) is 2.35. The number of ether oxygens (including phenoxy) is 1. The van der Waals surface area contributed by atoms with E-state index >= 15 is 0 Å². The number of nitrogens with zero attached hydrogens (tertiary/aromatic N) is 1. The highest BCUT2D eigenvalue weighted by atomic mass is 16.5. The van der Waals surface area contributed by atoms with Crippen molar-refractivity contribution in [3.63, 3.8) is 0 Å². The summed E-state index contributed by atoms with van der Waals surface area (Å²) in [5.74, 6) is 0. The lowest BCUT2D eigenvalue weighted by Gasteiger charge is -2.35. The first-order valence-electron chi connectivity index (χ1n) is 6.49. The predicted octanol–water partition coefficient (Wildman–Crippen LogP) is 0.212. The third kappa shape index (κ3) is 3.17. The molecule has 2 aliphatic heterocycles. The summed E-state index contributed by atoms with van der Waals surface area (Å²) in [5.41, 5.74) is -0.466. The van der Waals surface area contributed by atoms with Crippen molar-refractivity contribution in [3.05, 3.63) is 0 Å². The first kappa shape index (κ1) is 12.3. The lowest BCUT2D eigenvalue weighted by Crippen LogP contribution is -2.49. The van der Waals surface area contributed by atoms with Crippen LogP contribution in [0.5, 0.6) is 0 Å². The van der Waals surface area contributed by atoms with Crippen LogP contribution in [0.2, 0.25) is 0 Å². The maximum atomic E-state index is 10.4. The van der Waals surface area contributed by atoms with Gasteiger partial charge in [0.15, 0.2) is 0 Å². The van der Waals surface area contributed by atoms with Crippen LogP contribution >= 0.6 is 0 Å². The molecule has 2 rings (SSSR count). The largest absolute Gasteiger partial charge is 0.388 e. The second kappa shape index (κ2) is 5.45. The van der Waals surface area contributed by atoms with E-state index in [1.807, 2.05) is 6.92 Å². The zero-order chi connectivity index (χ0) is 11.4. The molecule has 0 radical (unpaired) electrons. The Morgan fingerprint density at radius 3 is 2.88 bits per heavy atom. The molecule has 2 heterocycles. The van der Waals surface area contributed by atoms with Crippen molar-refractivity contribution < 1.29 is 9.84 Å². The van der Waals surface area contributed by atoms with Crippen LogP contribution in [0, 0.1) is 0 Å². The van der Waals surface area contributed by atoms with E-state index in [-0.39, 0.29) is 0 Å². The minimum absolute atomic E-state index is 0.385. The maximum absolute atomic E-state index is 10.4. The Labute approximate surface area is 98.0 Å². The van der Waals surface area contributed by atoms with Gasteiger partial charge in [-0.2, -0.15) is 0 Å². The maximum Gasteiger partial charge on any atom is 0.0798 e. The first-order chi connectivity index (χ1) is 7.72. The molecule has 0 aromatic heterocycles. The van der Waals surface area contributed by atoms with Crippen LogP contribution in [0.3, 0.4) is 0 Å². The zero-order valence-corrected chi connectivity index (χ0v) is 10.2. The number of rotatable bonds is 4. The van der Waals surface area contributed by atoms with Gasteiger partial charge >= 0.3 is 0 Å². The van der Waals surface area contributed by atoms with Gasteiger partial charge in [-0.1, -0.05) is 0 Å². The van der Waals surface area contributed by atoms with E-state index in [4.69, 9.17) is 4.74 Å². The van der Waals surface area contributed by atoms with Gasteiger partial charge in [0.1, 0.15) is 0 Å². The molecule has 0 saturated carbocycles. The number of likely N-dealkylation sites (tertiary alicyclic amines) is 1. The minimum Gasteiger partial charge on any atom is -0.388 e. The molecule has 1 unspecified atom stereocenters. The van der Waals surface area contributed by atoms with Crippen LogP contribution in [0.15, 0.2) is 0 Å². The molecule has 4 nitrogen and oxygen atoms in total. The van der Waals surface area contributed by atoms with Gasteiger partial charge < -0.3 is 15.2 Å². The van der Waals surface area contributed by atoms with Crippen LogP contribution in [0.25, 0.3) is 0 Å². The van der Waals surface area contributed by atoms with Crippen molar-refractivity contribution in [1.82, 2.24) is 10.2 Å². The molecule has 16 heavy (non-hydrogen) atoms. The van der Waals surface area contributed by atoms with Gasteiger partial charge in [-0.3, -0.25) is 4.90 Å². The fourth-order valence-corrected chi connectivity index (χ4v) is 2.78. The second-order valence-electron chi connectivity index (χ2n) is 5.08. The van der Waals surface area contributed by atoms with Gasteiger partial charge in [-0.05, 0) is 39.3 Å². The summed E-state index contributed by atoms with van der Waals surface area (Å²) in [5, 5.41) is 13.7. The van der Waals surface area contributed by atoms with E-state index in [1.54, 1.807) is 0 Å². The van der Waals surface area contributed by atoms with Crippen molar-refractivity contribution in [2.75, 3.05) is 39.3 Å². The summed E-state index contributed by atoms with van der Waals surface area (Å²) in [7, 11) is 0. The Morgan fingerprint density at radius 2 is 2.19 bits per heavy atom. The van der Waals surface area contributed by atoms with E-state index in [9.17, 15) is 5.11 Å². The molecule has 0 aliphatic carbocycles. The molecule has 0 spiro atoms. The Balaban J connectivity index is 1.77. The molecule has 4 heteroatoms. The molecule has 0 aromatic carbocycles. The van der Waals surface area contributed by atoms with Gasteiger partial charge in [-0.25, -0.2) is 0 Å². The topological polar surface area (TPSA) is 44.7 Å².